The molecule has 3 rings (SSSR count). The highest BCUT2D eigenvalue weighted by Gasteiger charge is 2.05. The molecule has 1 N–H and O–H groups in total. The smallest absolute Gasteiger partial charge is 0.244 e. The predicted octanol–water partition coefficient (Wildman–Crippen LogP) is 2.99. The lowest BCUT2D eigenvalue weighted by atomic mass is 10.1. The summed E-state index contributed by atoms with van der Waals surface area (Å²) in [7, 11) is 3.18. The first-order chi connectivity index (χ1) is 12.6. The Balaban J connectivity index is 1.66. The average Bonchev–Trinajstić information content (AvgIpc) is 3.09. The summed E-state index contributed by atoms with van der Waals surface area (Å²) < 4.78 is 12.5. The number of fused-ring (bicyclic) bond motifs is 1. The van der Waals surface area contributed by atoms with Gasteiger partial charge in [0.15, 0.2) is 0 Å². The molecule has 134 valence electrons. The van der Waals surface area contributed by atoms with Crippen LogP contribution in [-0.4, -0.2) is 29.5 Å². The lowest BCUT2D eigenvalue weighted by Gasteiger charge is -2.07. The van der Waals surface area contributed by atoms with Crippen LogP contribution in [0.3, 0.4) is 0 Å². The number of amides is 1. The summed E-state index contributed by atoms with van der Waals surface area (Å²) in [5.41, 5.74) is 3.54. The Morgan fingerprint density at radius 1 is 1.23 bits per heavy atom. The number of ether oxygens (including phenoxy) is 2. The van der Waals surface area contributed by atoms with Gasteiger partial charge in [-0.05, 0) is 43.3 Å². The molecule has 3 aromatic rings. The van der Waals surface area contributed by atoms with Gasteiger partial charge in [-0.2, -0.15) is 0 Å². The molecule has 6 nitrogen and oxygen atoms in total. The fraction of sp³-hybridized carbons (Fsp3) is 0.200. The number of aromatic nitrogens is 2. The van der Waals surface area contributed by atoms with Crippen LogP contribution in [-0.2, 0) is 11.3 Å². The molecule has 0 aliphatic rings. The van der Waals surface area contributed by atoms with Crippen molar-refractivity contribution in [1.82, 2.24) is 14.7 Å². The maximum atomic E-state index is 12.1. The third kappa shape index (κ3) is 3.85. The summed E-state index contributed by atoms with van der Waals surface area (Å²) in [6.07, 6.45) is 5.10. The van der Waals surface area contributed by atoms with Crippen LogP contribution in [0.5, 0.6) is 11.5 Å². The summed E-state index contributed by atoms with van der Waals surface area (Å²) >= 11 is 0. The number of hydrogen-bond donors (Lipinski definition) is 1. The van der Waals surface area contributed by atoms with Gasteiger partial charge in [0.05, 0.1) is 26.5 Å². The average molecular weight is 351 g/mol. The molecule has 0 unspecified atom stereocenters. The molecule has 2 aromatic heterocycles. The Morgan fingerprint density at radius 2 is 2.08 bits per heavy atom. The highest BCUT2D eigenvalue weighted by Crippen LogP contribution is 2.25. The van der Waals surface area contributed by atoms with Crippen molar-refractivity contribution in [2.75, 3.05) is 14.2 Å². The number of hydrogen-bond acceptors (Lipinski definition) is 4. The summed E-state index contributed by atoms with van der Waals surface area (Å²) in [4.78, 5) is 16.6. The van der Waals surface area contributed by atoms with Crippen LogP contribution in [0.2, 0.25) is 0 Å². The van der Waals surface area contributed by atoms with Crippen molar-refractivity contribution in [3.05, 3.63) is 65.6 Å². The number of carbonyl (C=O) groups excluding carboxylic acids is 1. The molecule has 0 saturated heterocycles. The summed E-state index contributed by atoms with van der Waals surface area (Å²) in [5.74, 6) is 1.17. The van der Waals surface area contributed by atoms with E-state index in [0.717, 1.165) is 22.6 Å². The first-order valence-corrected chi connectivity index (χ1v) is 8.22. The van der Waals surface area contributed by atoms with Gasteiger partial charge in [0.2, 0.25) is 5.91 Å². The van der Waals surface area contributed by atoms with Crippen LogP contribution in [0, 0.1) is 6.92 Å². The first-order valence-electron chi connectivity index (χ1n) is 8.22. The molecule has 0 fully saturated rings. The zero-order chi connectivity index (χ0) is 18.5. The van der Waals surface area contributed by atoms with Crippen LogP contribution in [0.15, 0.2) is 48.7 Å². The molecule has 26 heavy (non-hydrogen) atoms. The van der Waals surface area contributed by atoms with Gasteiger partial charge in [-0.15, -0.1) is 0 Å². The number of nitrogens with one attached hydrogen (secondary N) is 1. The maximum Gasteiger partial charge on any atom is 0.244 e. The summed E-state index contributed by atoms with van der Waals surface area (Å²) in [5, 5.41) is 2.84. The van der Waals surface area contributed by atoms with E-state index in [1.165, 1.54) is 6.08 Å². The second kappa shape index (κ2) is 7.74. The van der Waals surface area contributed by atoms with Gasteiger partial charge in [0, 0.05) is 23.5 Å². The Morgan fingerprint density at radius 3 is 2.81 bits per heavy atom. The van der Waals surface area contributed by atoms with Crippen molar-refractivity contribution in [3.63, 3.8) is 0 Å². The number of benzene rings is 1. The van der Waals surface area contributed by atoms with E-state index in [-0.39, 0.29) is 5.91 Å². The molecule has 0 spiro atoms. The molecule has 0 aliphatic heterocycles. The molecule has 6 heteroatoms. The van der Waals surface area contributed by atoms with Crippen molar-refractivity contribution >= 4 is 17.6 Å². The molecular weight excluding hydrogens is 330 g/mol. The highest BCUT2D eigenvalue weighted by atomic mass is 16.5. The van der Waals surface area contributed by atoms with Crippen molar-refractivity contribution in [3.8, 4) is 11.5 Å². The highest BCUT2D eigenvalue weighted by molar-refractivity contribution is 5.92. The van der Waals surface area contributed by atoms with Crippen LogP contribution in [0.1, 0.15) is 17.0 Å². The van der Waals surface area contributed by atoms with Gasteiger partial charge in [-0.25, -0.2) is 4.98 Å². The minimum Gasteiger partial charge on any atom is -0.497 e. The molecule has 0 atom stereocenters. The standard InChI is InChI=1S/C20H21N3O3/c1-14-5-4-6-19-22-16(13-23(14)19)12-21-20(24)10-7-15-11-17(25-2)8-9-18(15)26-3/h4-11,13H,12H2,1-3H3,(H,21,24)/b10-7+. The van der Waals surface area contributed by atoms with E-state index in [2.05, 4.69) is 10.3 Å². The predicted molar refractivity (Wildman–Crippen MR) is 100 cm³/mol. The van der Waals surface area contributed by atoms with Crippen LogP contribution < -0.4 is 14.8 Å². The second-order valence-electron chi connectivity index (χ2n) is 5.79. The number of aryl methyl sites for hydroxylation is 1. The zero-order valence-electron chi connectivity index (χ0n) is 15.0. The molecule has 1 aromatic carbocycles. The summed E-state index contributed by atoms with van der Waals surface area (Å²) in [6, 6.07) is 11.3. The van der Waals surface area contributed by atoms with Crippen molar-refractivity contribution in [2.24, 2.45) is 0 Å². The Labute approximate surface area is 152 Å². The van der Waals surface area contributed by atoms with Crippen molar-refractivity contribution in [1.29, 1.82) is 0 Å². The Bertz CT molecular complexity index is 960. The van der Waals surface area contributed by atoms with E-state index in [1.54, 1.807) is 26.4 Å². The Kier molecular flexibility index (Phi) is 5.22. The molecule has 1 amide bonds. The van der Waals surface area contributed by atoms with E-state index < -0.39 is 0 Å². The van der Waals surface area contributed by atoms with Gasteiger partial charge in [0.1, 0.15) is 17.1 Å². The third-order valence-corrected chi connectivity index (χ3v) is 4.04. The second-order valence-corrected chi connectivity index (χ2v) is 5.79. The van der Waals surface area contributed by atoms with Gasteiger partial charge in [0.25, 0.3) is 0 Å². The molecule has 0 radical (unpaired) electrons. The fourth-order valence-electron chi connectivity index (χ4n) is 2.66. The normalized spacial score (nSPS) is 11.0. The number of imidazole rings is 1. The minimum absolute atomic E-state index is 0.205. The molecule has 2 heterocycles. The molecule has 0 aliphatic carbocycles. The lowest BCUT2D eigenvalue weighted by molar-refractivity contribution is -0.116. The zero-order valence-corrected chi connectivity index (χ0v) is 15.0. The van der Waals surface area contributed by atoms with E-state index >= 15 is 0 Å². The van der Waals surface area contributed by atoms with E-state index in [0.29, 0.717) is 18.0 Å². The van der Waals surface area contributed by atoms with Gasteiger partial charge >= 0.3 is 0 Å². The summed E-state index contributed by atoms with van der Waals surface area (Å²) in [6.45, 7) is 2.38. The van der Waals surface area contributed by atoms with Crippen LogP contribution >= 0.6 is 0 Å². The van der Waals surface area contributed by atoms with Crippen LogP contribution in [0.4, 0.5) is 0 Å². The molecule has 0 saturated carbocycles. The van der Waals surface area contributed by atoms with E-state index in [4.69, 9.17) is 9.47 Å². The van der Waals surface area contributed by atoms with E-state index in [9.17, 15) is 4.79 Å². The van der Waals surface area contributed by atoms with Crippen molar-refractivity contribution < 1.29 is 14.3 Å². The molecular formula is C20H21N3O3. The maximum absolute atomic E-state index is 12.1. The number of rotatable bonds is 6. The van der Waals surface area contributed by atoms with Crippen molar-refractivity contribution in [2.45, 2.75) is 13.5 Å². The van der Waals surface area contributed by atoms with Gasteiger partial charge in [-0.1, -0.05) is 6.07 Å². The fourth-order valence-corrected chi connectivity index (χ4v) is 2.66. The number of methoxy groups -OCH3 is 2. The first kappa shape index (κ1) is 17.5. The minimum atomic E-state index is -0.205. The van der Waals surface area contributed by atoms with Gasteiger partial charge in [-0.3, -0.25) is 4.79 Å². The van der Waals surface area contributed by atoms with E-state index in [1.807, 2.05) is 47.9 Å². The molecule has 0 bridgehead atoms. The quantitative estimate of drug-likeness (QED) is 0.694. The van der Waals surface area contributed by atoms with Gasteiger partial charge < -0.3 is 19.2 Å². The monoisotopic (exact) mass is 351 g/mol. The number of nitrogens with zero attached hydrogens (tertiary/aromatic N) is 2. The third-order valence-electron chi connectivity index (χ3n) is 4.04. The lowest BCUT2D eigenvalue weighted by Crippen LogP contribution is -2.20. The largest absolute Gasteiger partial charge is 0.497 e. The number of pyridine rings is 1. The topological polar surface area (TPSA) is 64.9 Å². The van der Waals surface area contributed by atoms with Crippen LogP contribution in [0.25, 0.3) is 11.7 Å². The Hall–Kier alpha value is -3.28. The SMILES string of the molecule is COc1ccc(OC)c(/C=C/C(=O)NCc2cn3c(C)cccc3n2)c1. The number of carbonyl (C=O) groups is 1.